The van der Waals surface area contributed by atoms with Gasteiger partial charge in [-0.05, 0) is 39.3 Å². The normalized spacial score (nSPS) is 15.2. The van der Waals surface area contributed by atoms with Gasteiger partial charge in [-0.2, -0.15) is 0 Å². The van der Waals surface area contributed by atoms with E-state index in [9.17, 15) is 0 Å². The van der Waals surface area contributed by atoms with Crippen LogP contribution in [0.25, 0.3) is 0 Å². The van der Waals surface area contributed by atoms with Gasteiger partial charge in [0.1, 0.15) is 31.8 Å². The maximum atomic E-state index is 6.09. The molecule has 1 unspecified atom stereocenters. The van der Waals surface area contributed by atoms with E-state index in [4.69, 9.17) is 19.1 Å². The summed E-state index contributed by atoms with van der Waals surface area (Å²) in [6, 6.07) is 0. The fraction of sp³-hybridized carbons (Fsp3) is 1.00. The Balaban J connectivity index is 0. The highest BCUT2D eigenvalue weighted by Gasteiger charge is 2.37. The Morgan fingerprint density at radius 1 is 0.667 bits per heavy atom. The Bertz CT molecular complexity index is 512. The number of rotatable bonds is 5. The molecule has 0 heterocycles. The van der Waals surface area contributed by atoms with Gasteiger partial charge in [0.25, 0.3) is 0 Å². The zero-order chi connectivity index (χ0) is 20.1. The van der Waals surface area contributed by atoms with Crippen LogP contribution >= 0.6 is 15.3 Å². The summed E-state index contributed by atoms with van der Waals surface area (Å²) in [6.45, 7) is 28.8. The number of nitrogens with zero attached hydrogens (tertiary/aromatic N) is 3. The van der Waals surface area contributed by atoms with Crippen LogP contribution in [-0.4, -0.2) is 36.9 Å². The van der Waals surface area contributed by atoms with Gasteiger partial charge in [-0.15, -0.1) is 0 Å². The van der Waals surface area contributed by atoms with Gasteiger partial charge in [0.15, 0.2) is 16.5 Å². The van der Waals surface area contributed by atoms with Crippen molar-refractivity contribution < 1.29 is 0 Å². The first-order chi connectivity index (χ1) is 10.2. The molecule has 0 saturated heterocycles. The van der Waals surface area contributed by atoms with Crippen molar-refractivity contribution in [2.45, 2.75) is 78.6 Å². The van der Waals surface area contributed by atoms with Gasteiger partial charge in [0, 0.05) is 0 Å². The van der Waals surface area contributed by atoms with Gasteiger partial charge in [-0.3, -0.25) is 28.7 Å². The summed E-state index contributed by atoms with van der Waals surface area (Å²) >= 11 is 0. The first-order valence-corrected chi connectivity index (χ1v) is 24.6. The molecule has 0 aromatic rings. The van der Waals surface area contributed by atoms with E-state index in [0.717, 1.165) is 0 Å². The van der Waals surface area contributed by atoms with Crippen molar-refractivity contribution in [3.8, 4) is 0 Å². The van der Waals surface area contributed by atoms with E-state index in [1.165, 1.54) is 0 Å². The molecule has 0 aliphatic carbocycles. The van der Waals surface area contributed by atoms with Crippen molar-refractivity contribution in [2.24, 2.45) is 14.3 Å². The van der Waals surface area contributed by atoms with Crippen LogP contribution in [0.15, 0.2) is 8.82 Å². The topological polar surface area (TPSA) is 102 Å². The third-order valence-corrected chi connectivity index (χ3v) is 20.1. The molecule has 0 bridgehead atoms. The highest BCUT2D eigenvalue weighted by atomic mass is 31.1. The zero-order valence-electron chi connectivity index (χ0n) is 17.8. The molecule has 0 saturated carbocycles. The maximum Gasteiger partial charge on any atom is 0.180 e. The van der Waals surface area contributed by atoms with Crippen LogP contribution < -0.4 is 5.50 Å². The van der Waals surface area contributed by atoms with Crippen LogP contribution in [0.2, 0.25) is 78.6 Å². The average Bonchev–Trinajstić information content (AvgIpc) is 2.02. The molecule has 144 valence electrons. The Morgan fingerprint density at radius 2 is 0.875 bits per heavy atom. The van der Waals surface area contributed by atoms with Gasteiger partial charge < -0.3 is 0 Å². The second kappa shape index (κ2) is 9.50. The second-order valence-electron chi connectivity index (χ2n) is 9.83. The first kappa shape index (κ1) is 26.8. The van der Waals surface area contributed by atoms with Gasteiger partial charge >= 0.3 is 0 Å². The Kier molecular flexibility index (Phi) is 10.6. The third-order valence-electron chi connectivity index (χ3n) is 2.23. The summed E-state index contributed by atoms with van der Waals surface area (Å²) in [5.41, 5.74) is 4.51. The molecule has 6 nitrogen and oxygen atoms in total. The number of hydrogen-bond donors (Lipinski definition) is 3. The SMILES string of the molecule is C[Si](C)(C)/N=P(=N/[Si](C)(C)C)\N([Si](C)(C)C)[Si](C)(C)C.N=P(=N)N. The van der Waals surface area contributed by atoms with Crippen molar-refractivity contribution in [1.29, 1.82) is 10.3 Å². The van der Waals surface area contributed by atoms with Gasteiger partial charge in [-0.1, -0.05) is 39.3 Å². The van der Waals surface area contributed by atoms with Crippen LogP contribution in [0.3, 0.4) is 0 Å². The molecule has 0 aliphatic heterocycles. The first-order valence-electron chi connectivity index (χ1n) is 8.20. The van der Waals surface area contributed by atoms with E-state index in [1.807, 2.05) is 0 Å². The predicted molar refractivity (Wildman–Crippen MR) is 124 cm³/mol. The zero-order valence-corrected chi connectivity index (χ0v) is 23.6. The lowest BCUT2D eigenvalue weighted by molar-refractivity contribution is 0.982. The van der Waals surface area contributed by atoms with Crippen LogP contribution in [0.5, 0.6) is 0 Å². The van der Waals surface area contributed by atoms with Crippen molar-refractivity contribution in [3.05, 3.63) is 0 Å². The molecule has 0 radical (unpaired) electrons. The molecule has 0 rings (SSSR count). The minimum Gasteiger partial charge on any atom is -0.285 e. The highest BCUT2D eigenvalue weighted by Crippen LogP contribution is 2.38. The number of nitrogens with two attached hydrogens (primary N) is 1. The van der Waals surface area contributed by atoms with E-state index in [-0.39, 0.29) is 0 Å². The van der Waals surface area contributed by atoms with Gasteiger partial charge in [-0.25, -0.2) is 0 Å². The van der Waals surface area contributed by atoms with E-state index in [2.05, 4.69) is 88.1 Å². The van der Waals surface area contributed by atoms with Gasteiger partial charge in [0.2, 0.25) is 0 Å². The molecule has 1 atom stereocenters. The fourth-order valence-corrected chi connectivity index (χ4v) is 21.7. The second-order valence-corrected chi connectivity index (χ2v) is 32.6. The maximum absolute atomic E-state index is 6.09. The molecular weight excluding hydrogens is 402 g/mol. The quantitative estimate of drug-likeness (QED) is 0.308. The molecule has 0 fully saturated rings. The van der Waals surface area contributed by atoms with E-state index in [0.29, 0.717) is 0 Å². The molecule has 0 aromatic heterocycles. The molecule has 0 amide bonds. The molecule has 0 aliphatic rings. The van der Waals surface area contributed by atoms with Crippen molar-refractivity contribution in [2.75, 3.05) is 0 Å². The van der Waals surface area contributed by atoms with Gasteiger partial charge in [0.05, 0.1) is 0 Å². The number of hydrogen-bond acceptors (Lipinski definition) is 4. The monoisotopic (exact) mass is 442 g/mol. The molecular formula is C12H40N6P2Si4. The third kappa shape index (κ3) is 14.9. The van der Waals surface area contributed by atoms with Crippen molar-refractivity contribution in [1.82, 2.24) is 4.00 Å². The van der Waals surface area contributed by atoms with Crippen molar-refractivity contribution >= 4 is 48.3 Å². The van der Waals surface area contributed by atoms with Crippen molar-refractivity contribution in [3.63, 3.8) is 0 Å². The highest BCUT2D eigenvalue weighted by molar-refractivity contribution is 7.44. The largest absolute Gasteiger partial charge is 0.285 e. The molecule has 0 spiro atoms. The molecule has 4 N–H and O–H groups in total. The summed E-state index contributed by atoms with van der Waals surface area (Å²) in [4.78, 5) is 0. The van der Waals surface area contributed by atoms with Crippen LogP contribution in [0, 0.1) is 10.3 Å². The number of nitrogens with one attached hydrogen (secondary N) is 2. The molecule has 24 heavy (non-hydrogen) atoms. The van der Waals surface area contributed by atoms with E-state index < -0.39 is 48.3 Å². The summed E-state index contributed by atoms with van der Waals surface area (Å²) < 4.78 is 13.4. The predicted octanol–water partition coefficient (Wildman–Crippen LogP) is 7.26. The fourth-order valence-electron chi connectivity index (χ4n) is 2.19. The lowest BCUT2D eigenvalue weighted by Gasteiger charge is -2.41. The Hall–Kier alpha value is 0.588. The standard InChI is InChI=1S/C12H36N3PSi4.H4N3P/c1-17(2,3)13-16(14-18(4,5)6)15(19(7,8)9)20(10,11)12;1-4(2)3/h1-12H3;(H4,1,2,3). The van der Waals surface area contributed by atoms with Crippen LogP contribution in [-0.2, 0) is 0 Å². The van der Waals surface area contributed by atoms with Crippen LogP contribution in [0.1, 0.15) is 0 Å². The summed E-state index contributed by atoms with van der Waals surface area (Å²) in [5.74, 6) is 0. The Labute approximate surface area is 155 Å². The summed E-state index contributed by atoms with van der Waals surface area (Å²) in [5, 5.41) is 12.2. The van der Waals surface area contributed by atoms with E-state index >= 15 is 0 Å². The smallest absolute Gasteiger partial charge is 0.180 e. The molecule has 12 heteroatoms. The lowest BCUT2D eigenvalue weighted by Crippen LogP contribution is -2.54. The average molecular weight is 443 g/mol. The minimum atomic E-state index is -1.62. The Morgan fingerprint density at radius 3 is 1.00 bits per heavy atom. The molecule has 0 aromatic carbocycles. The van der Waals surface area contributed by atoms with Crippen LogP contribution in [0.4, 0.5) is 0 Å². The minimum absolute atomic E-state index is 0.646. The summed E-state index contributed by atoms with van der Waals surface area (Å²) in [7, 11) is -7.98. The van der Waals surface area contributed by atoms with E-state index in [1.54, 1.807) is 0 Å². The lowest BCUT2D eigenvalue weighted by atomic mass is 11.8. The summed E-state index contributed by atoms with van der Waals surface area (Å²) in [6.07, 6.45) is 0.